The molecule has 2 aliphatic carbocycles. The zero-order valence-corrected chi connectivity index (χ0v) is 38.0. The van der Waals surface area contributed by atoms with E-state index in [-0.39, 0.29) is 0 Å². The number of thiophene rings is 4. The van der Waals surface area contributed by atoms with E-state index in [0.29, 0.717) is 33.2 Å². The molecule has 0 saturated carbocycles. The maximum absolute atomic E-state index is 4.08. The molecule has 0 N–H and O–H groups in total. The highest BCUT2D eigenvalue weighted by Crippen LogP contribution is 2.54. The van der Waals surface area contributed by atoms with Crippen LogP contribution in [0.15, 0.2) is 48.5 Å². The minimum Gasteiger partial charge on any atom is -0.131 e. The highest BCUT2D eigenvalue weighted by Gasteiger charge is 2.43. The normalized spacial score (nSPS) is 14.0. The lowest BCUT2D eigenvalue weighted by Gasteiger charge is -2.38. The van der Waals surface area contributed by atoms with Gasteiger partial charge in [0, 0.05) is 22.3 Å². The van der Waals surface area contributed by atoms with Crippen molar-refractivity contribution in [2.75, 3.05) is 0 Å². The Balaban J connectivity index is 1.37. The van der Waals surface area contributed by atoms with E-state index >= 15 is 0 Å². The van der Waals surface area contributed by atoms with Gasteiger partial charge in [-0.05, 0) is 55.5 Å². The minimum atomic E-state index is -1.88. The Hall–Kier alpha value is -2.69. The molecule has 0 nitrogen and oxygen atoms in total. The first-order valence-corrected chi connectivity index (χ1v) is 26.9. The maximum Gasteiger partial charge on any atom is 0.146 e. The Kier molecular flexibility index (Phi) is 9.05. The van der Waals surface area contributed by atoms with Crippen molar-refractivity contribution in [1.82, 2.24) is 0 Å². The first-order chi connectivity index (χ1) is 24.7. The summed E-state index contributed by atoms with van der Waals surface area (Å²) in [5, 5.41) is 0. The zero-order chi connectivity index (χ0) is 37.0. The van der Waals surface area contributed by atoms with Crippen LogP contribution in [0.25, 0.3) is 61.6 Å². The van der Waals surface area contributed by atoms with E-state index in [1.165, 1.54) is 81.8 Å². The van der Waals surface area contributed by atoms with Crippen molar-refractivity contribution in [3.63, 3.8) is 0 Å². The summed E-state index contributed by atoms with van der Waals surface area (Å²) in [5.41, 5.74) is 22.6. The summed E-state index contributed by atoms with van der Waals surface area (Å²) >= 11 is 8.04. The molecule has 2 aliphatic rings. The number of benzene rings is 2. The Labute approximate surface area is 328 Å². The fraction of sp³-hybridized carbons (Fsp3) is 0.391. The average molecular weight is 787 g/mol. The fourth-order valence-corrected chi connectivity index (χ4v) is 26.9. The summed E-state index contributed by atoms with van der Waals surface area (Å²) in [7, 11) is -3.75. The largest absolute Gasteiger partial charge is 0.146 e. The van der Waals surface area contributed by atoms with Crippen molar-refractivity contribution in [1.29, 1.82) is 0 Å². The van der Waals surface area contributed by atoms with Crippen molar-refractivity contribution in [2.45, 2.75) is 116 Å². The molecule has 52 heavy (non-hydrogen) atoms. The van der Waals surface area contributed by atoms with Crippen molar-refractivity contribution >= 4 is 101 Å². The van der Waals surface area contributed by atoms with E-state index in [4.69, 9.17) is 0 Å². The van der Waals surface area contributed by atoms with Gasteiger partial charge in [-0.1, -0.05) is 143 Å². The summed E-state index contributed by atoms with van der Waals surface area (Å²) in [6.07, 6.45) is 0. The van der Waals surface area contributed by atoms with Crippen LogP contribution < -0.4 is 9.06 Å². The van der Waals surface area contributed by atoms with Gasteiger partial charge in [0.15, 0.2) is 0 Å². The monoisotopic (exact) mass is 786 g/mol. The SMILES string of the molecule is CC(C)[Si](C#CC1=c2sc3c(sc4c5sc6c(c5sc34)-c3ccccc3C=6C#C[Si](C(C)C)(C(C)C)C(C)C)c2-c2ccccc21)(C(C)C)C(C)C. The highest BCUT2D eigenvalue weighted by molar-refractivity contribution is 7.44. The van der Waals surface area contributed by atoms with Gasteiger partial charge in [-0.15, -0.1) is 56.4 Å². The van der Waals surface area contributed by atoms with Crippen LogP contribution in [0.1, 0.15) is 94.2 Å². The summed E-state index contributed by atoms with van der Waals surface area (Å²) < 4.78 is 11.5. The van der Waals surface area contributed by atoms with Gasteiger partial charge in [-0.2, -0.15) is 0 Å². The Morgan fingerprint density at radius 3 is 0.981 bits per heavy atom. The molecular weight excluding hydrogens is 737 g/mol. The topological polar surface area (TPSA) is 0 Å². The van der Waals surface area contributed by atoms with Gasteiger partial charge in [0.1, 0.15) is 16.1 Å². The van der Waals surface area contributed by atoms with Gasteiger partial charge in [-0.25, -0.2) is 0 Å². The Bertz CT molecular complexity index is 2450. The van der Waals surface area contributed by atoms with E-state index in [1.807, 2.05) is 45.3 Å². The number of hydrogen-bond acceptors (Lipinski definition) is 4. The van der Waals surface area contributed by atoms with Crippen molar-refractivity contribution in [2.24, 2.45) is 0 Å². The molecule has 2 aromatic carbocycles. The van der Waals surface area contributed by atoms with Gasteiger partial charge in [-0.3, -0.25) is 0 Å². The summed E-state index contributed by atoms with van der Waals surface area (Å²) in [4.78, 5) is 0. The molecule has 266 valence electrons. The lowest BCUT2D eigenvalue weighted by molar-refractivity contribution is 0.838. The molecule has 6 aromatic rings. The summed E-state index contributed by atoms with van der Waals surface area (Å²) in [6, 6.07) is 18.1. The van der Waals surface area contributed by atoms with Crippen LogP contribution in [0.3, 0.4) is 0 Å². The fourth-order valence-electron chi connectivity index (χ4n) is 10.3. The van der Waals surface area contributed by atoms with Gasteiger partial charge in [0.2, 0.25) is 0 Å². The van der Waals surface area contributed by atoms with E-state index in [2.05, 4.69) is 155 Å². The molecule has 0 bridgehead atoms. The quantitative estimate of drug-likeness (QED) is 0.117. The second kappa shape index (κ2) is 13.0. The van der Waals surface area contributed by atoms with E-state index in [0.717, 1.165) is 0 Å². The number of rotatable bonds is 6. The van der Waals surface area contributed by atoms with Gasteiger partial charge >= 0.3 is 0 Å². The standard InChI is InChI=1S/C46H50S4Si2/c1-25(2)51(26(3)4,27(5)6)23-21-35-31-17-13-15-19-33(31)37-39(35)47-43-41(37)49-46-44-42(50-45(43)46)38-34-20-16-14-18-32(34)36(40(38)48-44)22-24-52(28(7)8,29(9)10)30(11)12/h13-20,25-30H,1-12H3. The molecule has 8 rings (SSSR count). The van der Waals surface area contributed by atoms with Gasteiger partial charge in [0.25, 0.3) is 0 Å². The van der Waals surface area contributed by atoms with Crippen molar-refractivity contribution < 1.29 is 0 Å². The molecule has 0 aliphatic heterocycles. The van der Waals surface area contributed by atoms with E-state index in [9.17, 15) is 0 Å². The highest BCUT2D eigenvalue weighted by atomic mass is 32.1. The molecule has 6 heteroatoms. The predicted molar refractivity (Wildman–Crippen MR) is 243 cm³/mol. The van der Waals surface area contributed by atoms with Gasteiger partial charge in [0.05, 0.1) is 37.3 Å². The lowest BCUT2D eigenvalue weighted by Crippen LogP contribution is -2.43. The molecule has 0 atom stereocenters. The molecule has 4 heterocycles. The van der Waals surface area contributed by atoms with Crippen molar-refractivity contribution in [3.05, 3.63) is 68.7 Å². The molecular formula is C46H50S4Si2. The van der Waals surface area contributed by atoms with E-state index < -0.39 is 16.1 Å². The van der Waals surface area contributed by atoms with Crippen LogP contribution in [0.4, 0.5) is 0 Å². The first kappa shape index (κ1) is 36.3. The van der Waals surface area contributed by atoms with Crippen LogP contribution in [-0.2, 0) is 0 Å². The molecule has 0 amide bonds. The van der Waals surface area contributed by atoms with E-state index in [1.54, 1.807) is 0 Å². The zero-order valence-electron chi connectivity index (χ0n) is 32.7. The minimum absolute atomic E-state index is 0.614. The molecule has 0 spiro atoms. The third kappa shape index (κ3) is 4.94. The number of fused-ring (bicyclic) bond motifs is 13. The van der Waals surface area contributed by atoms with Crippen LogP contribution in [0.2, 0.25) is 33.2 Å². The number of hydrogen-bond donors (Lipinski definition) is 0. The summed E-state index contributed by atoms with van der Waals surface area (Å²) in [6.45, 7) is 29.0. The average Bonchev–Trinajstić information content (AvgIpc) is 3.89. The summed E-state index contributed by atoms with van der Waals surface area (Å²) in [5.74, 6) is 7.86. The molecule has 0 unspecified atom stereocenters. The first-order valence-electron chi connectivity index (χ1n) is 19.2. The van der Waals surface area contributed by atoms with Crippen LogP contribution >= 0.6 is 45.3 Å². The third-order valence-electron chi connectivity index (χ3n) is 12.7. The van der Waals surface area contributed by atoms with Crippen LogP contribution in [-0.4, -0.2) is 16.1 Å². The Morgan fingerprint density at radius 1 is 0.385 bits per heavy atom. The molecule has 4 aromatic heterocycles. The second-order valence-electron chi connectivity index (χ2n) is 16.9. The van der Waals surface area contributed by atoms with Crippen LogP contribution in [0.5, 0.6) is 0 Å². The van der Waals surface area contributed by atoms with Crippen molar-refractivity contribution in [3.8, 4) is 45.2 Å². The molecule has 0 radical (unpaired) electrons. The Morgan fingerprint density at radius 2 is 0.673 bits per heavy atom. The smallest absolute Gasteiger partial charge is 0.131 e. The lowest BCUT2D eigenvalue weighted by atomic mass is 10.0. The third-order valence-corrected chi connectivity index (χ3v) is 30.8. The molecule has 0 fully saturated rings. The van der Waals surface area contributed by atoms with Crippen LogP contribution in [0, 0.1) is 22.9 Å². The second-order valence-corrected chi connectivity index (χ2v) is 32.2. The maximum atomic E-state index is 4.08. The predicted octanol–water partition coefficient (Wildman–Crippen LogP) is 14.2. The molecule has 0 saturated heterocycles. The van der Waals surface area contributed by atoms with Gasteiger partial charge < -0.3 is 0 Å².